The smallest absolute Gasteiger partial charge is 0.232 e. The molecule has 1 aliphatic rings. The molecule has 112 valence electrons. The molecule has 3 rings (SSSR count). The van der Waals surface area contributed by atoms with Gasteiger partial charge in [-0.2, -0.15) is 0 Å². The maximum atomic E-state index is 12.5. The monoisotopic (exact) mass is 334 g/mol. The number of aromatic hydroxyl groups is 1. The highest BCUT2D eigenvalue weighted by Gasteiger charge is 2.30. The lowest BCUT2D eigenvalue weighted by atomic mass is 10.0. The summed E-state index contributed by atoms with van der Waals surface area (Å²) in [6, 6.07) is 6.44. The number of Topliss-reactive ketones (excluding diaryl/α,β-unsaturated/α-hetero) is 1. The van der Waals surface area contributed by atoms with E-state index in [1.165, 1.54) is 6.07 Å². The van der Waals surface area contributed by atoms with Crippen molar-refractivity contribution in [1.29, 1.82) is 0 Å². The number of carbonyl (C=O) groups is 1. The number of allylic oxidation sites excluding steroid dienone is 1. The first kappa shape index (κ1) is 14.9. The standard InChI is InChI=1S/C17H12Cl2O3/c1-8-5-13-15(9(2)16(8)19)17(21)14(22-13)7-10-3-4-12(20)11(18)6-10/h3-7,20H,1-2H3. The molecule has 0 radical (unpaired) electrons. The van der Waals surface area contributed by atoms with Crippen LogP contribution in [0.25, 0.3) is 6.08 Å². The van der Waals surface area contributed by atoms with E-state index in [2.05, 4.69) is 0 Å². The van der Waals surface area contributed by atoms with Gasteiger partial charge < -0.3 is 9.84 Å². The van der Waals surface area contributed by atoms with Gasteiger partial charge in [0.1, 0.15) is 11.5 Å². The molecular formula is C17H12Cl2O3. The molecule has 0 unspecified atom stereocenters. The van der Waals surface area contributed by atoms with Gasteiger partial charge in [-0.3, -0.25) is 4.79 Å². The minimum Gasteiger partial charge on any atom is -0.506 e. The second-order valence-electron chi connectivity index (χ2n) is 5.16. The van der Waals surface area contributed by atoms with Crippen molar-refractivity contribution in [2.45, 2.75) is 13.8 Å². The number of rotatable bonds is 1. The lowest BCUT2D eigenvalue weighted by Gasteiger charge is -2.05. The lowest BCUT2D eigenvalue weighted by Crippen LogP contribution is -2.00. The number of ether oxygens (including phenoxy) is 1. The molecule has 0 amide bonds. The highest BCUT2D eigenvalue weighted by atomic mass is 35.5. The van der Waals surface area contributed by atoms with Crippen LogP contribution in [-0.4, -0.2) is 10.9 Å². The summed E-state index contributed by atoms with van der Waals surface area (Å²) >= 11 is 12.1. The van der Waals surface area contributed by atoms with E-state index in [0.717, 1.165) is 5.56 Å². The number of phenolic OH excluding ortho intramolecular Hbond substituents is 1. The second kappa shape index (κ2) is 5.34. The largest absolute Gasteiger partial charge is 0.506 e. The van der Waals surface area contributed by atoms with Crippen molar-refractivity contribution in [2.75, 3.05) is 0 Å². The van der Waals surface area contributed by atoms with Gasteiger partial charge in [-0.25, -0.2) is 0 Å². The molecule has 3 nitrogen and oxygen atoms in total. The van der Waals surface area contributed by atoms with E-state index in [1.807, 2.05) is 6.92 Å². The normalized spacial score (nSPS) is 15.1. The molecule has 5 heteroatoms. The molecular weight excluding hydrogens is 323 g/mol. The van der Waals surface area contributed by atoms with Crippen LogP contribution in [0.5, 0.6) is 11.5 Å². The number of halogens is 2. The number of phenols is 1. The molecule has 2 aromatic rings. The number of carbonyl (C=O) groups excluding carboxylic acids is 1. The summed E-state index contributed by atoms with van der Waals surface area (Å²) in [5.41, 5.74) is 2.74. The van der Waals surface area contributed by atoms with Crippen molar-refractivity contribution >= 4 is 35.1 Å². The summed E-state index contributed by atoms with van der Waals surface area (Å²) < 4.78 is 5.66. The Morgan fingerprint density at radius 1 is 1.18 bits per heavy atom. The number of ketones is 1. The molecule has 0 fully saturated rings. The number of hydrogen-bond donors (Lipinski definition) is 1. The topological polar surface area (TPSA) is 46.5 Å². The van der Waals surface area contributed by atoms with Gasteiger partial charge in [0.05, 0.1) is 10.6 Å². The van der Waals surface area contributed by atoms with Gasteiger partial charge in [-0.1, -0.05) is 29.3 Å². The van der Waals surface area contributed by atoms with Crippen LogP contribution in [0.4, 0.5) is 0 Å². The van der Waals surface area contributed by atoms with Crippen molar-refractivity contribution in [3.05, 3.63) is 62.3 Å². The van der Waals surface area contributed by atoms with Gasteiger partial charge in [0.2, 0.25) is 5.78 Å². The number of benzene rings is 2. The van der Waals surface area contributed by atoms with Crippen molar-refractivity contribution in [1.82, 2.24) is 0 Å². The van der Waals surface area contributed by atoms with E-state index >= 15 is 0 Å². The Labute approximate surface area is 137 Å². The Balaban J connectivity index is 2.05. The van der Waals surface area contributed by atoms with Crippen LogP contribution < -0.4 is 4.74 Å². The van der Waals surface area contributed by atoms with E-state index in [9.17, 15) is 9.90 Å². The van der Waals surface area contributed by atoms with Gasteiger partial charge in [0, 0.05) is 5.02 Å². The van der Waals surface area contributed by atoms with Crippen LogP contribution in [-0.2, 0) is 0 Å². The van der Waals surface area contributed by atoms with Gasteiger partial charge in [0.25, 0.3) is 0 Å². The quantitative estimate of drug-likeness (QED) is 0.752. The summed E-state index contributed by atoms with van der Waals surface area (Å²) in [6.45, 7) is 3.67. The fraction of sp³-hybridized carbons (Fsp3) is 0.118. The zero-order valence-electron chi connectivity index (χ0n) is 11.9. The predicted octanol–water partition coefficient (Wildman–Crippen LogP) is 4.93. The summed E-state index contributed by atoms with van der Waals surface area (Å²) in [6.07, 6.45) is 1.59. The molecule has 22 heavy (non-hydrogen) atoms. The summed E-state index contributed by atoms with van der Waals surface area (Å²) in [7, 11) is 0. The third-order valence-corrected chi connectivity index (χ3v) is 4.47. The molecule has 0 spiro atoms. The molecule has 2 aromatic carbocycles. The highest BCUT2D eigenvalue weighted by molar-refractivity contribution is 6.33. The number of aryl methyl sites for hydroxylation is 1. The minimum atomic E-state index is -0.210. The Hall–Kier alpha value is -1.97. The highest BCUT2D eigenvalue weighted by Crippen LogP contribution is 2.39. The molecule has 1 heterocycles. The first-order chi connectivity index (χ1) is 10.4. The second-order valence-corrected chi connectivity index (χ2v) is 5.94. The Bertz CT molecular complexity index is 838. The Morgan fingerprint density at radius 3 is 2.59 bits per heavy atom. The molecule has 0 saturated carbocycles. The first-order valence-electron chi connectivity index (χ1n) is 6.61. The summed E-state index contributed by atoms with van der Waals surface area (Å²) in [5, 5.41) is 10.2. The van der Waals surface area contributed by atoms with Gasteiger partial charge >= 0.3 is 0 Å². The average Bonchev–Trinajstić information content (AvgIpc) is 2.77. The van der Waals surface area contributed by atoms with Crippen LogP contribution >= 0.6 is 23.2 Å². The van der Waals surface area contributed by atoms with Crippen molar-refractivity contribution in [3.8, 4) is 11.5 Å². The minimum absolute atomic E-state index is 0.0102. The molecule has 0 bridgehead atoms. The van der Waals surface area contributed by atoms with E-state index in [-0.39, 0.29) is 22.3 Å². The maximum absolute atomic E-state index is 12.5. The average molecular weight is 335 g/mol. The molecule has 0 atom stereocenters. The first-order valence-corrected chi connectivity index (χ1v) is 7.36. The van der Waals surface area contributed by atoms with Gasteiger partial charge in [-0.05, 0) is 54.8 Å². The van der Waals surface area contributed by atoms with Gasteiger partial charge in [0.15, 0.2) is 5.76 Å². The van der Waals surface area contributed by atoms with Gasteiger partial charge in [-0.15, -0.1) is 0 Å². The molecule has 0 aromatic heterocycles. The molecule has 0 saturated heterocycles. The van der Waals surface area contributed by atoms with Crippen LogP contribution in [0.15, 0.2) is 30.0 Å². The van der Waals surface area contributed by atoms with E-state index in [1.54, 1.807) is 31.2 Å². The van der Waals surface area contributed by atoms with Crippen molar-refractivity contribution in [2.24, 2.45) is 0 Å². The Kier molecular flexibility index (Phi) is 3.63. The SMILES string of the molecule is Cc1cc2c(c(C)c1Cl)C(=O)C(=Cc1ccc(O)c(Cl)c1)O2. The van der Waals surface area contributed by atoms with Crippen LogP contribution in [0.3, 0.4) is 0 Å². The molecule has 1 N–H and O–H groups in total. The zero-order chi connectivity index (χ0) is 16.0. The number of hydrogen-bond acceptors (Lipinski definition) is 3. The van der Waals surface area contributed by atoms with Crippen LogP contribution in [0, 0.1) is 13.8 Å². The Morgan fingerprint density at radius 2 is 1.91 bits per heavy atom. The van der Waals surface area contributed by atoms with Crippen molar-refractivity contribution < 1.29 is 14.6 Å². The third kappa shape index (κ3) is 2.36. The van der Waals surface area contributed by atoms with Crippen molar-refractivity contribution in [3.63, 3.8) is 0 Å². The summed E-state index contributed by atoms with van der Waals surface area (Å²) in [5.74, 6) is 0.504. The molecule has 1 aliphatic heterocycles. The predicted molar refractivity (Wildman–Crippen MR) is 87.0 cm³/mol. The third-order valence-electron chi connectivity index (χ3n) is 3.58. The van der Waals surface area contributed by atoms with E-state index in [4.69, 9.17) is 27.9 Å². The lowest BCUT2D eigenvalue weighted by molar-refractivity contribution is 0.101. The molecule has 0 aliphatic carbocycles. The number of fused-ring (bicyclic) bond motifs is 1. The van der Waals surface area contributed by atoms with Crippen LogP contribution in [0.2, 0.25) is 10.0 Å². The summed E-state index contributed by atoms with van der Waals surface area (Å²) in [4.78, 5) is 12.5. The fourth-order valence-corrected chi connectivity index (χ4v) is 2.77. The maximum Gasteiger partial charge on any atom is 0.232 e. The van der Waals surface area contributed by atoms with E-state index < -0.39 is 0 Å². The fourth-order valence-electron chi connectivity index (χ4n) is 2.43. The van der Waals surface area contributed by atoms with E-state index in [0.29, 0.717) is 27.5 Å². The van der Waals surface area contributed by atoms with Crippen LogP contribution in [0.1, 0.15) is 27.0 Å². The zero-order valence-corrected chi connectivity index (χ0v) is 13.4.